The lowest BCUT2D eigenvalue weighted by molar-refractivity contribution is -0.130. The summed E-state index contributed by atoms with van der Waals surface area (Å²) in [6.07, 6.45) is 3.31. The number of phenols is 1. The van der Waals surface area contributed by atoms with E-state index in [0.717, 1.165) is 54.5 Å². The lowest BCUT2D eigenvalue weighted by atomic mass is 10.0. The smallest absolute Gasteiger partial charge is 0.249 e. The summed E-state index contributed by atoms with van der Waals surface area (Å²) in [6.45, 7) is 4.24. The van der Waals surface area contributed by atoms with Gasteiger partial charge in [0.05, 0.1) is 11.1 Å². The predicted octanol–water partition coefficient (Wildman–Crippen LogP) is 3.57. The minimum atomic E-state index is -0.319. The summed E-state index contributed by atoms with van der Waals surface area (Å²) in [5.41, 5.74) is 2.57. The zero-order chi connectivity index (χ0) is 22.1. The third-order valence-electron chi connectivity index (χ3n) is 6.27. The minimum absolute atomic E-state index is 0.00702. The van der Waals surface area contributed by atoms with Crippen molar-refractivity contribution in [2.24, 2.45) is 0 Å². The third-order valence-corrected chi connectivity index (χ3v) is 6.27. The van der Waals surface area contributed by atoms with Crippen LogP contribution in [0.2, 0.25) is 0 Å². The Labute approximate surface area is 187 Å². The van der Waals surface area contributed by atoms with Crippen molar-refractivity contribution >= 4 is 22.6 Å². The quantitative estimate of drug-likeness (QED) is 0.655. The molecule has 0 spiro atoms. The van der Waals surface area contributed by atoms with Crippen molar-refractivity contribution < 1.29 is 14.6 Å². The molecule has 3 heterocycles. The largest absolute Gasteiger partial charge is 0.507 e. The summed E-state index contributed by atoms with van der Waals surface area (Å²) in [5, 5.41) is 14.5. The van der Waals surface area contributed by atoms with Gasteiger partial charge in [-0.25, -0.2) is 9.97 Å². The first-order valence-electron chi connectivity index (χ1n) is 11.3. The van der Waals surface area contributed by atoms with Crippen LogP contribution in [0.1, 0.15) is 31.2 Å². The number of carbonyl (C=O) groups excluding carboxylic acids is 1. The number of aryl methyl sites for hydroxylation is 1. The Morgan fingerprint density at radius 1 is 1.16 bits per heavy atom. The molecule has 2 aromatic carbocycles. The Hall–Kier alpha value is -3.19. The van der Waals surface area contributed by atoms with Crippen molar-refractivity contribution in [2.45, 2.75) is 44.8 Å². The number of carbonyl (C=O) groups is 1. The average Bonchev–Trinajstić information content (AvgIpc) is 3.34. The minimum Gasteiger partial charge on any atom is -0.507 e. The van der Waals surface area contributed by atoms with Gasteiger partial charge in [0.15, 0.2) is 5.82 Å². The number of aromatic hydroxyl groups is 1. The van der Waals surface area contributed by atoms with E-state index in [2.05, 4.69) is 22.3 Å². The molecule has 5 rings (SSSR count). The molecule has 0 saturated carbocycles. The SMILES string of the molecule is Cc1ccc2c(N3CCC[C@@H](NC(=O)[C@H]4CCCO4)C3)nc(-c3ccccc3O)nc2c1. The van der Waals surface area contributed by atoms with Crippen molar-refractivity contribution in [1.29, 1.82) is 0 Å². The fourth-order valence-corrected chi connectivity index (χ4v) is 4.61. The van der Waals surface area contributed by atoms with Crippen LogP contribution in [-0.2, 0) is 9.53 Å². The van der Waals surface area contributed by atoms with Gasteiger partial charge in [-0.3, -0.25) is 4.79 Å². The van der Waals surface area contributed by atoms with Crippen LogP contribution in [0.4, 0.5) is 5.82 Å². The highest BCUT2D eigenvalue weighted by molar-refractivity contribution is 5.92. The van der Waals surface area contributed by atoms with Crippen LogP contribution < -0.4 is 10.2 Å². The van der Waals surface area contributed by atoms with Gasteiger partial charge in [0.25, 0.3) is 0 Å². The van der Waals surface area contributed by atoms with Gasteiger partial charge in [0.1, 0.15) is 17.7 Å². The van der Waals surface area contributed by atoms with Crippen LogP contribution in [0.15, 0.2) is 42.5 Å². The van der Waals surface area contributed by atoms with Gasteiger partial charge in [-0.2, -0.15) is 0 Å². The standard InChI is InChI=1S/C25H28N4O3/c1-16-10-11-18-20(14-16)27-23(19-7-2-3-8-21(19)30)28-24(18)29-12-4-6-17(15-29)26-25(31)22-9-5-13-32-22/h2-3,7-8,10-11,14,17,22,30H,4-6,9,12-13,15H2,1H3,(H,26,31)/t17-,22-/m1/s1. The van der Waals surface area contributed by atoms with Gasteiger partial charge in [-0.1, -0.05) is 18.2 Å². The number of piperidine rings is 1. The van der Waals surface area contributed by atoms with Crippen LogP contribution in [-0.4, -0.2) is 52.8 Å². The number of benzene rings is 2. The number of hydrogen-bond donors (Lipinski definition) is 2. The zero-order valence-electron chi connectivity index (χ0n) is 18.3. The van der Waals surface area contributed by atoms with Crippen molar-refractivity contribution in [2.75, 3.05) is 24.6 Å². The van der Waals surface area contributed by atoms with E-state index in [1.807, 2.05) is 25.1 Å². The van der Waals surface area contributed by atoms with Crippen molar-refractivity contribution in [1.82, 2.24) is 15.3 Å². The monoisotopic (exact) mass is 432 g/mol. The Balaban J connectivity index is 1.48. The maximum atomic E-state index is 12.6. The van der Waals surface area contributed by atoms with Crippen LogP contribution >= 0.6 is 0 Å². The summed E-state index contributed by atoms with van der Waals surface area (Å²) in [5.74, 6) is 1.49. The van der Waals surface area contributed by atoms with Crippen LogP contribution in [0.3, 0.4) is 0 Å². The molecule has 32 heavy (non-hydrogen) atoms. The Morgan fingerprint density at radius 2 is 2.03 bits per heavy atom. The van der Waals surface area contributed by atoms with E-state index in [9.17, 15) is 9.90 Å². The number of hydrogen-bond acceptors (Lipinski definition) is 6. The van der Waals surface area contributed by atoms with Gasteiger partial charge < -0.3 is 20.1 Å². The third kappa shape index (κ3) is 4.12. The second kappa shape index (κ2) is 8.74. The molecule has 0 bridgehead atoms. The molecule has 166 valence electrons. The van der Waals surface area contributed by atoms with Gasteiger partial charge >= 0.3 is 0 Å². The fourth-order valence-electron chi connectivity index (χ4n) is 4.61. The number of rotatable bonds is 4. The Bertz CT molecular complexity index is 1140. The first-order valence-corrected chi connectivity index (χ1v) is 11.3. The molecule has 7 nitrogen and oxygen atoms in total. The number of phenolic OH excluding ortho intramolecular Hbond substituents is 1. The summed E-state index contributed by atoms with van der Waals surface area (Å²) in [4.78, 5) is 24.5. The number of amides is 1. The highest BCUT2D eigenvalue weighted by Gasteiger charge is 2.29. The Morgan fingerprint density at radius 3 is 2.84 bits per heavy atom. The first kappa shape index (κ1) is 20.7. The molecule has 2 fully saturated rings. The molecule has 2 aliphatic rings. The number of anilines is 1. The lowest BCUT2D eigenvalue weighted by Crippen LogP contribution is -2.50. The van der Waals surface area contributed by atoms with Crippen molar-refractivity contribution in [3.8, 4) is 17.1 Å². The first-order chi connectivity index (χ1) is 15.6. The van der Waals surface area contributed by atoms with Crippen LogP contribution in [0.25, 0.3) is 22.3 Å². The second-order valence-corrected chi connectivity index (χ2v) is 8.70. The van der Waals surface area contributed by atoms with E-state index in [1.165, 1.54) is 0 Å². The topological polar surface area (TPSA) is 87.6 Å². The van der Waals surface area contributed by atoms with Gasteiger partial charge in [0.2, 0.25) is 5.91 Å². The molecular formula is C25H28N4O3. The van der Waals surface area contributed by atoms with E-state index < -0.39 is 0 Å². The summed E-state index contributed by atoms with van der Waals surface area (Å²) in [7, 11) is 0. The summed E-state index contributed by atoms with van der Waals surface area (Å²) in [6, 6.07) is 13.4. The van der Waals surface area contributed by atoms with Crippen molar-refractivity contribution in [3.63, 3.8) is 0 Å². The molecular weight excluding hydrogens is 404 g/mol. The highest BCUT2D eigenvalue weighted by Crippen LogP contribution is 2.33. The van der Waals surface area contributed by atoms with E-state index in [0.29, 0.717) is 24.5 Å². The van der Waals surface area contributed by atoms with Crippen molar-refractivity contribution in [3.05, 3.63) is 48.0 Å². The molecule has 2 aliphatic heterocycles. The number of nitrogens with zero attached hydrogens (tertiary/aromatic N) is 3. The number of para-hydroxylation sites is 1. The van der Waals surface area contributed by atoms with Gasteiger partial charge in [-0.05, 0) is 62.4 Å². The lowest BCUT2D eigenvalue weighted by Gasteiger charge is -2.35. The predicted molar refractivity (Wildman–Crippen MR) is 124 cm³/mol. The van der Waals surface area contributed by atoms with E-state index >= 15 is 0 Å². The molecule has 2 atom stereocenters. The van der Waals surface area contributed by atoms with E-state index in [-0.39, 0.29) is 23.8 Å². The second-order valence-electron chi connectivity index (χ2n) is 8.70. The molecule has 2 N–H and O–H groups in total. The average molecular weight is 433 g/mol. The molecule has 1 aromatic heterocycles. The molecule has 0 aliphatic carbocycles. The maximum absolute atomic E-state index is 12.6. The van der Waals surface area contributed by atoms with Crippen LogP contribution in [0, 0.1) is 6.92 Å². The number of fused-ring (bicyclic) bond motifs is 1. The van der Waals surface area contributed by atoms with Gasteiger partial charge in [0, 0.05) is 31.1 Å². The van der Waals surface area contributed by atoms with Crippen LogP contribution in [0.5, 0.6) is 5.75 Å². The fraction of sp³-hybridized carbons (Fsp3) is 0.400. The molecule has 0 radical (unpaired) electrons. The number of ether oxygens (including phenoxy) is 1. The molecule has 3 aromatic rings. The maximum Gasteiger partial charge on any atom is 0.249 e. The molecule has 2 saturated heterocycles. The molecule has 1 amide bonds. The Kier molecular flexibility index (Phi) is 5.66. The molecule has 0 unspecified atom stereocenters. The zero-order valence-corrected chi connectivity index (χ0v) is 18.3. The number of nitrogens with one attached hydrogen (secondary N) is 1. The summed E-state index contributed by atoms with van der Waals surface area (Å²) >= 11 is 0. The molecule has 7 heteroatoms. The highest BCUT2D eigenvalue weighted by atomic mass is 16.5. The van der Waals surface area contributed by atoms with Gasteiger partial charge in [-0.15, -0.1) is 0 Å². The van der Waals surface area contributed by atoms with E-state index in [1.54, 1.807) is 12.1 Å². The summed E-state index contributed by atoms with van der Waals surface area (Å²) < 4.78 is 5.54. The normalized spacial score (nSPS) is 21.1. The number of aromatic nitrogens is 2. The van der Waals surface area contributed by atoms with E-state index in [4.69, 9.17) is 14.7 Å².